The minimum absolute atomic E-state index is 0.949. The van der Waals surface area contributed by atoms with Crippen molar-refractivity contribution in [2.45, 2.75) is 19.3 Å². The molecule has 4 heteroatoms. The van der Waals surface area contributed by atoms with Gasteiger partial charge < -0.3 is 4.90 Å². The fraction of sp³-hybridized carbons (Fsp3) is 0.538. The number of aryl methyl sites for hydroxylation is 1. The van der Waals surface area contributed by atoms with E-state index in [4.69, 9.17) is 0 Å². The monoisotopic (exact) mass is 232 g/mol. The second-order valence-electron chi connectivity index (χ2n) is 4.57. The van der Waals surface area contributed by atoms with Crippen molar-refractivity contribution in [3.63, 3.8) is 0 Å². The number of nitrogens with zero attached hydrogens (tertiary/aromatic N) is 4. The summed E-state index contributed by atoms with van der Waals surface area (Å²) < 4.78 is 1.76. The molecule has 2 aromatic rings. The number of para-hydroxylation sites is 1. The van der Waals surface area contributed by atoms with Crippen molar-refractivity contribution >= 4 is 11.0 Å². The van der Waals surface area contributed by atoms with E-state index in [1.807, 2.05) is 31.3 Å². The second-order valence-corrected chi connectivity index (χ2v) is 4.57. The van der Waals surface area contributed by atoms with Gasteiger partial charge in [0.25, 0.3) is 0 Å². The lowest BCUT2D eigenvalue weighted by Gasteiger charge is -2.20. The quantitative estimate of drug-likeness (QED) is 0.697. The molecule has 0 atom stereocenters. The van der Waals surface area contributed by atoms with Crippen LogP contribution >= 0.6 is 0 Å². The molecule has 92 valence electrons. The molecule has 0 aliphatic carbocycles. The lowest BCUT2D eigenvalue weighted by Crippen LogP contribution is -2.24. The molecule has 1 fully saturated rings. The predicted octanol–water partition coefficient (Wildman–Crippen LogP) is 2.07. The van der Waals surface area contributed by atoms with Gasteiger partial charge in [0.2, 0.25) is 0 Å². The Morgan fingerprint density at radius 2 is 1.71 bits per heavy atom. The maximum Gasteiger partial charge on any atom is 0.113 e. The number of benzene rings is 1. The van der Waals surface area contributed by atoms with Crippen molar-refractivity contribution in [3.05, 3.63) is 24.3 Å². The van der Waals surface area contributed by atoms with Gasteiger partial charge in [-0.3, -0.25) is 0 Å². The number of aromatic nitrogens is 3. The van der Waals surface area contributed by atoms with Crippen LogP contribution < -0.4 is 0 Å². The average Bonchev–Trinajstić information content (AvgIpc) is 2.74. The first-order valence-electron chi connectivity index (χ1n) is 6.20. The van der Waals surface area contributed by atoms with E-state index in [0.29, 0.717) is 0 Å². The van der Waals surface area contributed by atoms with Crippen molar-refractivity contribution in [2.24, 2.45) is 7.05 Å². The summed E-state index contributed by atoms with van der Waals surface area (Å²) in [5.41, 5.74) is 2.02. The minimum atomic E-state index is 0.949. The maximum atomic E-state index is 3.93. The molecule has 17 heavy (non-hydrogen) atoms. The Hall–Kier alpha value is -1.42. The maximum absolute atomic E-state index is 3.93. The third-order valence-electron chi connectivity index (χ3n) is 3.10. The fourth-order valence-electron chi connectivity index (χ4n) is 2.04. The minimum Gasteiger partial charge on any atom is -0.306 e. The third-order valence-corrected chi connectivity index (χ3v) is 3.10. The molecular weight excluding hydrogens is 212 g/mol. The van der Waals surface area contributed by atoms with E-state index < -0.39 is 0 Å². The van der Waals surface area contributed by atoms with Gasteiger partial charge in [0.1, 0.15) is 5.52 Å². The molecule has 3 rings (SSSR count). The third kappa shape index (κ3) is 3.27. The van der Waals surface area contributed by atoms with Crippen LogP contribution in [0.1, 0.15) is 19.3 Å². The number of piperidine rings is 1. The topological polar surface area (TPSA) is 34.0 Å². The Labute approximate surface area is 102 Å². The van der Waals surface area contributed by atoms with Gasteiger partial charge in [-0.1, -0.05) is 23.8 Å². The van der Waals surface area contributed by atoms with Gasteiger partial charge in [0.15, 0.2) is 0 Å². The molecule has 4 nitrogen and oxygen atoms in total. The van der Waals surface area contributed by atoms with Crippen LogP contribution in [0.4, 0.5) is 0 Å². The molecule has 0 N–H and O–H groups in total. The van der Waals surface area contributed by atoms with Crippen LogP contribution in [0.3, 0.4) is 0 Å². The van der Waals surface area contributed by atoms with Gasteiger partial charge in [-0.2, -0.15) is 0 Å². The van der Waals surface area contributed by atoms with Crippen molar-refractivity contribution in [2.75, 3.05) is 20.1 Å². The van der Waals surface area contributed by atoms with Crippen molar-refractivity contribution in [1.82, 2.24) is 19.9 Å². The second kappa shape index (κ2) is 5.77. The summed E-state index contributed by atoms with van der Waals surface area (Å²) in [6, 6.07) is 7.88. The normalized spacial score (nSPS) is 16.6. The molecule has 1 aromatic heterocycles. The van der Waals surface area contributed by atoms with E-state index in [1.165, 1.54) is 32.4 Å². The summed E-state index contributed by atoms with van der Waals surface area (Å²) in [5.74, 6) is 0. The Balaban J connectivity index is 0.000000136. The van der Waals surface area contributed by atoms with Crippen LogP contribution in [0.2, 0.25) is 0 Å². The first-order valence-corrected chi connectivity index (χ1v) is 6.20. The Bertz CT molecular complexity index is 457. The summed E-state index contributed by atoms with van der Waals surface area (Å²) in [4.78, 5) is 2.39. The Kier molecular flexibility index (Phi) is 4.09. The summed E-state index contributed by atoms with van der Waals surface area (Å²) in [6.07, 6.45) is 4.28. The predicted molar refractivity (Wildman–Crippen MR) is 69.9 cm³/mol. The molecule has 0 spiro atoms. The molecule has 0 unspecified atom stereocenters. The Morgan fingerprint density at radius 3 is 2.29 bits per heavy atom. The average molecular weight is 232 g/mol. The molecule has 0 radical (unpaired) electrons. The largest absolute Gasteiger partial charge is 0.306 e. The first-order chi connectivity index (χ1) is 8.27. The van der Waals surface area contributed by atoms with Crippen LogP contribution in [0, 0.1) is 0 Å². The van der Waals surface area contributed by atoms with Crippen LogP contribution in [-0.4, -0.2) is 40.0 Å². The number of fused-ring (bicyclic) bond motifs is 1. The van der Waals surface area contributed by atoms with Gasteiger partial charge in [0.05, 0.1) is 5.52 Å². The van der Waals surface area contributed by atoms with E-state index in [9.17, 15) is 0 Å². The van der Waals surface area contributed by atoms with Crippen molar-refractivity contribution in [1.29, 1.82) is 0 Å². The van der Waals surface area contributed by atoms with Crippen molar-refractivity contribution < 1.29 is 0 Å². The number of rotatable bonds is 0. The van der Waals surface area contributed by atoms with Crippen LogP contribution in [0.15, 0.2) is 24.3 Å². The van der Waals surface area contributed by atoms with Gasteiger partial charge >= 0.3 is 0 Å². The zero-order valence-corrected chi connectivity index (χ0v) is 10.6. The highest BCUT2D eigenvalue weighted by molar-refractivity contribution is 5.73. The highest BCUT2D eigenvalue weighted by Crippen LogP contribution is 2.06. The molecule has 1 aromatic carbocycles. The summed E-state index contributed by atoms with van der Waals surface area (Å²) >= 11 is 0. The van der Waals surface area contributed by atoms with Gasteiger partial charge in [-0.25, -0.2) is 4.68 Å². The summed E-state index contributed by atoms with van der Waals surface area (Å²) in [7, 11) is 4.08. The van der Waals surface area contributed by atoms with Gasteiger partial charge in [-0.15, -0.1) is 5.10 Å². The summed E-state index contributed by atoms with van der Waals surface area (Å²) in [5, 5.41) is 7.79. The number of likely N-dealkylation sites (tertiary alicyclic amines) is 1. The van der Waals surface area contributed by atoms with Gasteiger partial charge in [-0.05, 0) is 45.1 Å². The van der Waals surface area contributed by atoms with E-state index in [2.05, 4.69) is 22.3 Å². The van der Waals surface area contributed by atoms with E-state index in [-0.39, 0.29) is 0 Å². The first kappa shape index (κ1) is 12.0. The van der Waals surface area contributed by atoms with Gasteiger partial charge in [0, 0.05) is 7.05 Å². The highest BCUT2D eigenvalue weighted by Gasteiger charge is 2.02. The molecule has 1 aliphatic heterocycles. The molecule has 0 amide bonds. The lowest BCUT2D eigenvalue weighted by molar-refractivity contribution is 0.277. The molecule has 0 bridgehead atoms. The van der Waals surface area contributed by atoms with Crippen LogP contribution in [-0.2, 0) is 7.05 Å². The fourth-order valence-corrected chi connectivity index (χ4v) is 2.04. The SMILES string of the molecule is CN1CCCCC1.Cn1nnc2ccccc21. The van der Waals surface area contributed by atoms with Crippen LogP contribution in [0.5, 0.6) is 0 Å². The van der Waals surface area contributed by atoms with E-state index >= 15 is 0 Å². The van der Waals surface area contributed by atoms with E-state index in [0.717, 1.165) is 11.0 Å². The molecule has 2 heterocycles. The number of hydrogen-bond donors (Lipinski definition) is 0. The molecular formula is C13H20N4. The molecule has 1 saturated heterocycles. The zero-order valence-electron chi connectivity index (χ0n) is 10.6. The Morgan fingerprint density at radius 1 is 1.00 bits per heavy atom. The number of hydrogen-bond acceptors (Lipinski definition) is 3. The highest BCUT2D eigenvalue weighted by atomic mass is 15.4. The molecule has 1 aliphatic rings. The summed E-state index contributed by atoms with van der Waals surface area (Å²) in [6.45, 7) is 2.64. The van der Waals surface area contributed by atoms with Crippen LogP contribution in [0.25, 0.3) is 11.0 Å². The van der Waals surface area contributed by atoms with Crippen molar-refractivity contribution in [3.8, 4) is 0 Å². The molecule has 0 saturated carbocycles. The zero-order chi connectivity index (χ0) is 12.1. The van der Waals surface area contributed by atoms with E-state index in [1.54, 1.807) is 4.68 Å². The smallest absolute Gasteiger partial charge is 0.113 e. The lowest BCUT2D eigenvalue weighted by atomic mass is 10.1. The standard InChI is InChI=1S/C7H7N3.C6H13N/c1-10-7-5-3-2-4-6(7)8-9-10;1-7-5-3-2-4-6-7/h2-5H,1H3;2-6H2,1H3.